The van der Waals surface area contributed by atoms with Crippen LogP contribution in [0, 0.1) is 0 Å². The fraction of sp³-hybridized carbons (Fsp3) is 0.0312. The van der Waals surface area contributed by atoms with Gasteiger partial charge in [-0.3, -0.25) is 4.57 Å². The molecule has 69 heavy (non-hydrogen) atoms. The van der Waals surface area contributed by atoms with Crippen LogP contribution in [0.3, 0.4) is 0 Å². The molecular formula is C64H43N5. The van der Waals surface area contributed by atoms with Crippen molar-refractivity contribution in [1.29, 1.82) is 0 Å². The maximum absolute atomic E-state index is 5.45. The average Bonchev–Trinajstić information content (AvgIpc) is 4.06. The van der Waals surface area contributed by atoms with Gasteiger partial charge in [-0.05, 0) is 126 Å². The number of benzene rings is 9. The van der Waals surface area contributed by atoms with Gasteiger partial charge in [-0.25, -0.2) is 9.97 Å². The van der Waals surface area contributed by atoms with Crippen LogP contribution in [0.4, 0.5) is 0 Å². The van der Waals surface area contributed by atoms with E-state index in [2.05, 4.69) is 250 Å². The number of para-hydroxylation sites is 5. The van der Waals surface area contributed by atoms with Gasteiger partial charge in [-0.15, -0.1) is 0 Å². The van der Waals surface area contributed by atoms with Crippen molar-refractivity contribution in [3.05, 3.63) is 242 Å². The Bertz CT molecular complexity index is 4230. The van der Waals surface area contributed by atoms with Gasteiger partial charge in [0, 0.05) is 49.3 Å². The number of allylic oxidation sites excluding steroid dienone is 4. The Morgan fingerprint density at radius 3 is 1.35 bits per heavy atom. The molecule has 0 amide bonds. The number of hydrogen-bond donors (Lipinski definition) is 0. The number of fused-ring (bicyclic) bond motifs is 9. The first kappa shape index (κ1) is 39.1. The topological polar surface area (TPSA) is 40.6 Å². The molecule has 1 aliphatic carbocycles. The van der Waals surface area contributed by atoms with Crippen molar-refractivity contribution in [3.8, 4) is 50.8 Å². The highest BCUT2D eigenvalue weighted by atomic mass is 15.2. The van der Waals surface area contributed by atoms with Crippen molar-refractivity contribution >= 4 is 71.0 Å². The van der Waals surface area contributed by atoms with Gasteiger partial charge in [0.15, 0.2) is 0 Å². The van der Waals surface area contributed by atoms with E-state index in [9.17, 15) is 0 Å². The predicted molar refractivity (Wildman–Crippen MR) is 288 cm³/mol. The van der Waals surface area contributed by atoms with Gasteiger partial charge in [0.2, 0.25) is 5.95 Å². The molecule has 0 atom stereocenters. The quantitative estimate of drug-likeness (QED) is 0.160. The van der Waals surface area contributed by atoms with E-state index in [4.69, 9.17) is 9.97 Å². The molecule has 4 heterocycles. The summed E-state index contributed by atoms with van der Waals surface area (Å²) >= 11 is 0. The van der Waals surface area contributed by atoms with Crippen molar-refractivity contribution in [2.75, 3.05) is 0 Å². The van der Waals surface area contributed by atoms with E-state index in [1.54, 1.807) is 0 Å². The Kier molecular flexibility index (Phi) is 8.96. The number of aromatic nitrogens is 5. The molecule has 0 spiro atoms. The van der Waals surface area contributed by atoms with Gasteiger partial charge < -0.3 is 9.13 Å². The van der Waals surface area contributed by atoms with Crippen LogP contribution in [0.2, 0.25) is 0 Å². The molecule has 0 saturated carbocycles. The standard InChI is InChI=1S/C64H43N5/c1-5-19-42(20-6-1)56-41-57(43-21-7-2-8-22-43)66-64(65-56)69-60-32-18-15-29-50(60)55-39-51(44-33-35-61-53(37-44)48-27-13-16-30-58(48)67(61)46-23-9-3-10-24-46)52(40-63(55)69)45-34-36-62-54(38-45)49-28-14-17-31-59(49)68(62)47-25-11-4-12-26-47/h1-7,9-21,23-41H,8,22H2. The molecule has 0 N–H and O–H groups in total. The zero-order valence-electron chi connectivity index (χ0n) is 37.7. The van der Waals surface area contributed by atoms with E-state index >= 15 is 0 Å². The third kappa shape index (κ3) is 6.32. The lowest BCUT2D eigenvalue weighted by Gasteiger charge is -2.16. The van der Waals surface area contributed by atoms with Crippen molar-refractivity contribution in [2.24, 2.45) is 0 Å². The van der Waals surface area contributed by atoms with Crippen molar-refractivity contribution in [1.82, 2.24) is 23.7 Å². The smallest absolute Gasteiger partial charge is 0.235 e. The fourth-order valence-electron chi connectivity index (χ4n) is 11.0. The summed E-state index contributed by atoms with van der Waals surface area (Å²) in [6, 6.07) is 79.2. The van der Waals surface area contributed by atoms with Gasteiger partial charge in [-0.2, -0.15) is 0 Å². The minimum atomic E-state index is 0.656. The maximum atomic E-state index is 5.45. The molecule has 324 valence electrons. The fourth-order valence-corrected chi connectivity index (χ4v) is 11.0. The predicted octanol–water partition coefficient (Wildman–Crippen LogP) is 16.5. The molecule has 13 aromatic rings. The lowest BCUT2D eigenvalue weighted by Crippen LogP contribution is -2.06. The number of rotatable bonds is 7. The molecule has 0 radical (unpaired) electrons. The third-order valence-corrected chi connectivity index (χ3v) is 14.1. The number of nitrogens with zero attached hydrogens (tertiary/aromatic N) is 5. The Hall–Kier alpha value is -9.06. The summed E-state index contributed by atoms with van der Waals surface area (Å²) < 4.78 is 7.07. The summed E-state index contributed by atoms with van der Waals surface area (Å²) in [7, 11) is 0. The first-order chi connectivity index (χ1) is 34.2. The van der Waals surface area contributed by atoms with Crippen LogP contribution in [0.15, 0.2) is 237 Å². The summed E-state index contributed by atoms with van der Waals surface area (Å²) in [5, 5.41) is 7.16. The molecule has 0 fully saturated rings. The first-order valence-electron chi connectivity index (χ1n) is 23.8. The number of hydrogen-bond acceptors (Lipinski definition) is 2. The summed E-state index contributed by atoms with van der Waals surface area (Å²) in [6.07, 6.45) is 8.51. The van der Waals surface area contributed by atoms with Gasteiger partial charge in [0.25, 0.3) is 0 Å². The molecule has 0 unspecified atom stereocenters. The SMILES string of the molecule is C1=CCCC(c2cc(-c3ccccc3)nc(-n3c4ccccc4c4cc(-c5ccc6c(c5)c5ccccc5n6-c5ccccc5)c(-c5ccc6c(c5)c5ccccc5n6-c5ccccc5)cc43)n2)=C1. The first-order valence-corrected chi connectivity index (χ1v) is 23.8. The minimum absolute atomic E-state index is 0.656. The van der Waals surface area contributed by atoms with Gasteiger partial charge >= 0.3 is 0 Å². The molecule has 0 bridgehead atoms. The van der Waals surface area contributed by atoms with Crippen LogP contribution in [-0.2, 0) is 0 Å². The third-order valence-electron chi connectivity index (χ3n) is 14.1. The summed E-state index contributed by atoms with van der Waals surface area (Å²) in [4.78, 5) is 10.9. The van der Waals surface area contributed by atoms with Crippen LogP contribution in [0.1, 0.15) is 18.5 Å². The Balaban J connectivity index is 1.07. The highest BCUT2D eigenvalue weighted by Gasteiger charge is 2.23. The normalized spacial score (nSPS) is 12.8. The van der Waals surface area contributed by atoms with E-state index in [-0.39, 0.29) is 0 Å². The van der Waals surface area contributed by atoms with Crippen molar-refractivity contribution < 1.29 is 0 Å². The zero-order chi connectivity index (χ0) is 45.4. The van der Waals surface area contributed by atoms with Crippen molar-refractivity contribution in [2.45, 2.75) is 12.8 Å². The molecule has 14 rings (SSSR count). The van der Waals surface area contributed by atoms with Gasteiger partial charge in [0.05, 0.1) is 44.5 Å². The van der Waals surface area contributed by atoms with Crippen LogP contribution in [-0.4, -0.2) is 23.7 Å². The van der Waals surface area contributed by atoms with E-state index in [1.165, 1.54) is 49.2 Å². The zero-order valence-corrected chi connectivity index (χ0v) is 37.7. The Morgan fingerprint density at radius 2 is 0.797 bits per heavy atom. The Morgan fingerprint density at radius 1 is 0.333 bits per heavy atom. The van der Waals surface area contributed by atoms with Crippen LogP contribution >= 0.6 is 0 Å². The molecule has 0 aliphatic heterocycles. The molecule has 9 aromatic carbocycles. The van der Waals surface area contributed by atoms with Crippen LogP contribution < -0.4 is 0 Å². The monoisotopic (exact) mass is 881 g/mol. The van der Waals surface area contributed by atoms with Gasteiger partial charge in [-0.1, -0.05) is 152 Å². The van der Waals surface area contributed by atoms with Crippen LogP contribution in [0.5, 0.6) is 0 Å². The van der Waals surface area contributed by atoms with Gasteiger partial charge in [0.1, 0.15) is 0 Å². The highest BCUT2D eigenvalue weighted by Crippen LogP contribution is 2.44. The van der Waals surface area contributed by atoms with Crippen LogP contribution in [0.25, 0.3) is 122 Å². The molecular weight excluding hydrogens is 839 g/mol. The maximum Gasteiger partial charge on any atom is 0.235 e. The molecule has 0 saturated heterocycles. The highest BCUT2D eigenvalue weighted by molar-refractivity contribution is 6.16. The lowest BCUT2D eigenvalue weighted by molar-refractivity contribution is 0.965. The molecule has 4 aromatic heterocycles. The largest absolute Gasteiger partial charge is 0.309 e. The average molecular weight is 882 g/mol. The Labute approximate surface area is 398 Å². The van der Waals surface area contributed by atoms with E-state index in [1.807, 2.05) is 0 Å². The molecule has 5 nitrogen and oxygen atoms in total. The summed E-state index contributed by atoms with van der Waals surface area (Å²) in [5.74, 6) is 0.656. The molecule has 1 aliphatic rings. The second kappa shape index (κ2) is 15.8. The minimum Gasteiger partial charge on any atom is -0.309 e. The summed E-state index contributed by atoms with van der Waals surface area (Å²) in [6.45, 7) is 0. The van der Waals surface area contributed by atoms with E-state index in [0.29, 0.717) is 5.95 Å². The summed E-state index contributed by atoms with van der Waals surface area (Å²) in [5.41, 5.74) is 17.8. The van der Waals surface area contributed by atoms with Crippen molar-refractivity contribution in [3.63, 3.8) is 0 Å². The van der Waals surface area contributed by atoms with E-state index < -0.39 is 0 Å². The second-order valence-electron chi connectivity index (χ2n) is 18.1. The second-order valence-corrected chi connectivity index (χ2v) is 18.1. The lowest BCUT2D eigenvalue weighted by atomic mass is 9.91. The van der Waals surface area contributed by atoms with E-state index in [0.717, 1.165) is 85.2 Å². The molecule has 5 heteroatoms.